The van der Waals surface area contributed by atoms with Crippen LogP contribution in [0.4, 0.5) is 5.69 Å². The molecule has 1 spiro atoms. The number of azide groups is 1. The van der Waals surface area contributed by atoms with Gasteiger partial charge >= 0.3 is 5.97 Å². The molecule has 6 heteroatoms. The van der Waals surface area contributed by atoms with Crippen LogP contribution in [0.15, 0.2) is 65.8 Å². The molecule has 2 heterocycles. The number of carbonyl (C=O) groups is 1. The molecule has 0 aromatic heterocycles. The summed E-state index contributed by atoms with van der Waals surface area (Å²) in [5, 5.41) is 3.66. The molecule has 0 bridgehead atoms. The molecule has 3 aromatic rings. The molecule has 2 aliphatic rings. The maximum Gasteiger partial charge on any atom is 0.340 e. The predicted molar refractivity (Wildman–Crippen MR) is 98.2 cm³/mol. The van der Waals surface area contributed by atoms with Gasteiger partial charge < -0.3 is 9.47 Å². The van der Waals surface area contributed by atoms with E-state index in [2.05, 4.69) is 10.0 Å². The first-order valence-corrected chi connectivity index (χ1v) is 8.45. The van der Waals surface area contributed by atoms with Crippen LogP contribution in [0.5, 0.6) is 11.5 Å². The highest BCUT2D eigenvalue weighted by Gasteiger charge is 2.53. The van der Waals surface area contributed by atoms with E-state index in [1.54, 1.807) is 24.3 Å². The van der Waals surface area contributed by atoms with Crippen molar-refractivity contribution in [3.05, 3.63) is 98.9 Å². The van der Waals surface area contributed by atoms with Gasteiger partial charge in [-0.3, -0.25) is 0 Å². The highest BCUT2D eigenvalue weighted by Crippen LogP contribution is 2.56. The fourth-order valence-electron chi connectivity index (χ4n) is 3.89. The van der Waals surface area contributed by atoms with E-state index in [9.17, 15) is 4.79 Å². The standard InChI is InChI=1S/C21H13N3O3/c1-12-6-8-16-18(10-12)26-19-11-13(23-24-22)7-9-17(19)21(16)15-5-3-2-4-14(15)20(25)27-21/h2-11H,1H3. The smallest absolute Gasteiger partial charge is 0.340 e. The molecule has 3 aromatic carbocycles. The van der Waals surface area contributed by atoms with Crippen molar-refractivity contribution >= 4 is 11.7 Å². The quantitative estimate of drug-likeness (QED) is 0.250. The minimum absolute atomic E-state index is 0.371. The average Bonchev–Trinajstić information content (AvgIpc) is 2.95. The van der Waals surface area contributed by atoms with Gasteiger partial charge in [0.15, 0.2) is 5.60 Å². The van der Waals surface area contributed by atoms with Gasteiger partial charge in [-0.1, -0.05) is 47.6 Å². The van der Waals surface area contributed by atoms with Crippen molar-refractivity contribution in [2.24, 2.45) is 5.11 Å². The largest absolute Gasteiger partial charge is 0.456 e. The van der Waals surface area contributed by atoms with Crippen LogP contribution in [0.2, 0.25) is 0 Å². The lowest BCUT2D eigenvalue weighted by molar-refractivity contribution is 0.0224. The molecule has 2 aliphatic heterocycles. The number of fused-ring (bicyclic) bond motifs is 6. The normalized spacial score (nSPS) is 18.6. The summed E-state index contributed by atoms with van der Waals surface area (Å²) in [5.41, 5.74) is 11.9. The first-order valence-electron chi connectivity index (χ1n) is 8.45. The van der Waals surface area contributed by atoms with Crippen molar-refractivity contribution in [1.29, 1.82) is 0 Å². The summed E-state index contributed by atoms with van der Waals surface area (Å²) in [4.78, 5) is 15.5. The van der Waals surface area contributed by atoms with E-state index in [0.29, 0.717) is 28.3 Å². The Hall–Kier alpha value is -3.76. The molecule has 130 valence electrons. The van der Waals surface area contributed by atoms with Gasteiger partial charge in [0.1, 0.15) is 11.5 Å². The summed E-state index contributed by atoms with van der Waals surface area (Å²) in [6.45, 7) is 1.97. The van der Waals surface area contributed by atoms with Crippen molar-refractivity contribution in [3.8, 4) is 11.5 Å². The van der Waals surface area contributed by atoms with Gasteiger partial charge in [0.25, 0.3) is 0 Å². The zero-order valence-corrected chi connectivity index (χ0v) is 14.3. The van der Waals surface area contributed by atoms with Crippen LogP contribution in [0, 0.1) is 6.92 Å². The Kier molecular flexibility index (Phi) is 3.08. The molecule has 1 atom stereocenters. The molecule has 0 radical (unpaired) electrons. The van der Waals surface area contributed by atoms with E-state index < -0.39 is 5.60 Å². The predicted octanol–water partition coefficient (Wildman–Crippen LogP) is 5.50. The average molecular weight is 355 g/mol. The maximum absolute atomic E-state index is 12.7. The van der Waals surface area contributed by atoms with E-state index in [4.69, 9.17) is 15.0 Å². The molecule has 0 aliphatic carbocycles. The van der Waals surface area contributed by atoms with Crippen molar-refractivity contribution in [2.75, 3.05) is 0 Å². The second kappa shape index (κ2) is 5.37. The SMILES string of the molecule is Cc1ccc2c(c1)Oc1cc(N=[N+]=[N-])ccc1C21OC(=O)c2ccccc21. The van der Waals surface area contributed by atoms with Crippen molar-refractivity contribution in [2.45, 2.75) is 12.5 Å². The summed E-state index contributed by atoms with van der Waals surface area (Å²) in [6, 6.07) is 18.3. The minimum atomic E-state index is -1.08. The number of ether oxygens (including phenoxy) is 2. The second-order valence-corrected chi connectivity index (χ2v) is 6.59. The molecule has 0 N–H and O–H groups in total. The van der Waals surface area contributed by atoms with Crippen LogP contribution in [0.3, 0.4) is 0 Å². The van der Waals surface area contributed by atoms with Gasteiger partial charge in [0.05, 0.1) is 5.56 Å². The van der Waals surface area contributed by atoms with Crippen LogP contribution in [-0.4, -0.2) is 5.97 Å². The molecule has 6 nitrogen and oxygen atoms in total. The summed E-state index contributed by atoms with van der Waals surface area (Å²) in [6.07, 6.45) is 0. The number of benzene rings is 3. The first kappa shape index (κ1) is 15.5. The third-order valence-electron chi connectivity index (χ3n) is 5.01. The number of hydrogen-bond acceptors (Lipinski definition) is 4. The number of carbonyl (C=O) groups excluding carboxylic acids is 1. The highest BCUT2D eigenvalue weighted by atomic mass is 16.6. The van der Waals surface area contributed by atoms with Crippen LogP contribution >= 0.6 is 0 Å². The Morgan fingerprint density at radius 1 is 0.963 bits per heavy atom. The number of esters is 1. The van der Waals surface area contributed by atoms with Gasteiger partial charge in [0.2, 0.25) is 0 Å². The number of nitrogens with zero attached hydrogens (tertiary/aromatic N) is 3. The lowest BCUT2D eigenvalue weighted by atomic mass is 9.77. The van der Waals surface area contributed by atoms with Crippen LogP contribution in [0.25, 0.3) is 10.4 Å². The Balaban J connectivity index is 1.87. The number of rotatable bonds is 1. The van der Waals surface area contributed by atoms with E-state index >= 15 is 0 Å². The van der Waals surface area contributed by atoms with Crippen LogP contribution < -0.4 is 4.74 Å². The maximum atomic E-state index is 12.7. The third kappa shape index (κ3) is 2.02. The van der Waals surface area contributed by atoms with Crippen molar-refractivity contribution < 1.29 is 14.3 Å². The van der Waals surface area contributed by atoms with Gasteiger partial charge in [-0.15, -0.1) is 0 Å². The fourth-order valence-corrected chi connectivity index (χ4v) is 3.89. The summed E-state index contributed by atoms with van der Waals surface area (Å²) in [5.74, 6) is 0.747. The molecule has 0 amide bonds. The van der Waals surface area contributed by atoms with Gasteiger partial charge in [-0.2, -0.15) is 0 Å². The molecule has 0 saturated heterocycles. The molecular formula is C21H13N3O3. The van der Waals surface area contributed by atoms with Crippen LogP contribution in [-0.2, 0) is 10.3 Å². The van der Waals surface area contributed by atoms with E-state index in [1.807, 2.05) is 43.3 Å². The lowest BCUT2D eigenvalue weighted by Gasteiger charge is -2.36. The zero-order chi connectivity index (χ0) is 18.6. The van der Waals surface area contributed by atoms with E-state index in [0.717, 1.165) is 16.7 Å². The highest BCUT2D eigenvalue weighted by molar-refractivity contribution is 5.97. The Bertz CT molecular complexity index is 1180. The van der Waals surface area contributed by atoms with Gasteiger partial charge in [-0.25, -0.2) is 4.79 Å². The third-order valence-corrected chi connectivity index (χ3v) is 5.01. The minimum Gasteiger partial charge on any atom is -0.456 e. The van der Waals surface area contributed by atoms with E-state index in [-0.39, 0.29) is 5.97 Å². The van der Waals surface area contributed by atoms with Crippen LogP contribution in [0.1, 0.15) is 32.6 Å². The number of hydrogen-bond donors (Lipinski definition) is 0. The summed E-state index contributed by atoms with van der Waals surface area (Å²) < 4.78 is 12.1. The van der Waals surface area contributed by atoms with Crippen molar-refractivity contribution in [1.82, 2.24) is 0 Å². The van der Waals surface area contributed by atoms with E-state index in [1.165, 1.54) is 0 Å². The zero-order valence-electron chi connectivity index (χ0n) is 14.3. The van der Waals surface area contributed by atoms with Gasteiger partial charge in [-0.05, 0) is 36.2 Å². The molecule has 5 rings (SSSR count). The Labute approximate surface area is 154 Å². The number of aryl methyl sites for hydroxylation is 1. The molecule has 0 fully saturated rings. The lowest BCUT2D eigenvalue weighted by Crippen LogP contribution is -2.33. The topological polar surface area (TPSA) is 84.3 Å². The summed E-state index contributed by atoms with van der Waals surface area (Å²) >= 11 is 0. The fraction of sp³-hybridized carbons (Fsp3) is 0.0952. The molecule has 1 unspecified atom stereocenters. The van der Waals surface area contributed by atoms with Gasteiger partial charge in [0, 0.05) is 27.3 Å². The molecule has 0 saturated carbocycles. The molecular weight excluding hydrogens is 342 g/mol. The Morgan fingerprint density at radius 2 is 1.70 bits per heavy atom. The molecule has 27 heavy (non-hydrogen) atoms. The summed E-state index contributed by atoms with van der Waals surface area (Å²) in [7, 11) is 0. The first-order chi connectivity index (χ1) is 13.1. The monoisotopic (exact) mass is 355 g/mol. The Morgan fingerprint density at radius 3 is 2.52 bits per heavy atom. The van der Waals surface area contributed by atoms with Crippen molar-refractivity contribution in [3.63, 3.8) is 0 Å². The second-order valence-electron chi connectivity index (χ2n) is 6.59.